The van der Waals surface area contributed by atoms with Gasteiger partial charge in [-0.25, -0.2) is 9.79 Å². The molecule has 0 saturated carbocycles. The Bertz CT molecular complexity index is 854. The van der Waals surface area contributed by atoms with E-state index in [0.717, 1.165) is 5.70 Å². The van der Waals surface area contributed by atoms with Crippen LogP contribution in [0, 0.1) is 0 Å². The molecule has 4 rings (SSSR count). The van der Waals surface area contributed by atoms with E-state index < -0.39 is 5.97 Å². The van der Waals surface area contributed by atoms with E-state index >= 15 is 0 Å². The molecule has 1 N–H and O–H groups in total. The molecule has 0 bridgehead atoms. The van der Waals surface area contributed by atoms with Crippen LogP contribution in [0.1, 0.15) is 18.4 Å². The Morgan fingerprint density at radius 1 is 1.40 bits per heavy atom. The van der Waals surface area contributed by atoms with Crippen LogP contribution in [0.2, 0.25) is 0 Å². The van der Waals surface area contributed by atoms with Crippen LogP contribution in [-0.4, -0.2) is 33.7 Å². The third-order valence-corrected chi connectivity index (χ3v) is 6.60. The summed E-state index contributed by atoms with van der Waals surface area (Å²) in [6.07, 6.45) is 6.31. The van der Waals surface area contributed by atoms with Crippen molar-refractivity contribution in [2.24, 2.45) is 4.99 Å². The van der Waals surface area contributed by atoms with Crippen molar-refractivity contribution in [1.29, 1.82) is 0 Å². The third kappa shape index (κ3) is 3.04. The molecule has 2 unspecified atom stereocenters. The zero-order chi connectivity index (χ0) is 17.4. The first-order chi connectivity index (χ1) is 12.2. The van der Waals surface area contributed by atoms with Gasteiger partial charge < -0.3 is 9.84 Å². The number of aliphatic imine (C=N–C) groups is 1. The number of hydrogen-bond acceptors (Lipinski definition) is 6. The monoisotopic (exact) mass is 371 g/mol. The fraction of sp³-hybridized carbons (Fsp3) is 0.263. The maximum Gasteiger partial charge on any atom is 0.344 e. The first-order valence-electron chi connectivity index (χ1n) is 8.14. The lowest BCUT2D eigenvalue weighted by Gasteiger charge is -2.17. The molecule has 0 amide bonds. The molecule has 6 heteroatoms. The lowest BCUT2D eigenvalue weighted by atomic mass is 9.91. The topological polar surface area (TPSA) is 58.9 Å². The summed E-state index contributed by atoms with van der Waals surface area (Å²) in [5.41, 5.74) is 2.34. The van der Waals surface area contributed by atoms with E-state index in [1.807, 2.05) is 17.8 Å². The summed E-state index contributed by atoms with van der Waals surface area (Å²) in [6.45, 7) is 2.02. The average Bonchev–Trinajstić information content (AvgIpc) is 3.15. The summed E-state index contributed by atoms with van der Waals surface area (Å²) < 4.78 is 5.04. The Kier molecular flexibility index (Phi) is 4.48. The number of aliphatic hydroxyl groups is 1. The molecular weight excluding hydrogens is 354 g/mol. The van der Waals surface area contributed by atoms with Crippen LogP contribution in [0.25, 0.3) is 0 Å². The number of carbonyl (C=O) groups is 1. The van der Waals surface area contributed by atoms with Gasteiger partial charge in [0.15, 0.2) is 0 Å². The molecule has 0 aromatic heterocycles. The van der Waals surface area contributed by atoms with Crippen LogP contribution in [-0.2, 0) is 9.53 Å². The van der Waals surface area contributed by atoms with Gasteiger partial charge in [-0.3, -0.25) is 0 Å². The zero-order valence-corrected chi connectivity index (χ0v) is 15.3. The maximum atomic E-state index is 12.1. The fourth-order valence-corrected chi connectivity index (χ4v) is 5.38. The van der Waals surface area contributed by atoms with Gasteiger partial charge in [-0.1, -0.05) is 36.0 Å². The lowest BCUT2D eigenvalue weighted by molar-refractivity contribution is -0.138. The van der Waals surface area contributed by atoms with Crippen LogP contribution in [0.5, 0.6) is 0 Å². The Labute approximate surface area is 154 Å². The summed E-state index contributed by atoms with van der Waals surface area (Å²) in [5, 5.41) is 10.9. The van der Waals surface area contributed by atoms with Crippen LogP contribution in [0.4, 0.5) is 0 Å². The molecule has 3 aliphatic rings. The molecule has 0 spiro atoms. The highest BCUT2D eigenvalue weighted by atomic mass is 32.2. The molecule has 1 aromatic rings. The average molecular weight is 371 g/mol. The molecule has 0 fully saturated rings. The summed E-state index contributed by atoms with van der Waals surface area (Å²) in [4.78, 5) is 18.0. The molecule has 0 saturated heterocycles. The van der Waals surface area contributed by atoms with Crippen molar-refractivity contribution in [2.45, 2.75) is 23.0 Å². The predicted molar refractivity (Wildman–Crippen MR) is 102 cm³/mol. The number of allylic oxidation sites excluding steroid dienone is 2. The van der Waals surface area contributed by atoms with Gasteiger partial charge in [0.1, 0.15) is 16.4 Å². The van der Waals surface area contributed by atoms with Crippen molar-refractivity contribution in [3.63, 3.8) is 0 Å². The Balaban J connectivity index is 1.64. The van der Waals surface area contributed by atoms with Crippen molar-refractivity contribution in [1.82, 2.24) is 0 Å². The lowest BCUT2D eigenvalue weighted by Crippen LogP contribution is -2.14. The molecule has 2 aliphatic heterocycles. The van der Waals surface area contributed by atoms with Gasteiger partial charge in [0, 0.05) is 16.1 Å². The summed E-state index contributed by atoms with van der Waals surface area (Å²) in [6, 6.07) is 8.43. The van der Waals surface area contributed by atoms with Crippen LogP contribution >= 0.6 is 23.5 Å². The predicted octanol–water partition coefficient (Wildman–Crippen LogP) is 4.22. The molecular formula is C19H17NO3S2. The SMILES string of the molecule is CCOC(=O)C1=C(O)CSC1=NC1=CC2c3ccccc3SC2C=C1. The Morgan fingerprint density at radius 2 is 2.24 bits per heavy atom. The first kappa shape index (κ1) is 16.5. The van der Waals surface area contributed by atoms with Gasteiger partial charge in [-0.2, -0.15) is 0 Å². The zero-order valence-electron chi connectivity index (χ0n) is 13.6. The fourth-order valence-electron chi connectivity index (χ4n) is 3.13. The molecule has 1 aromatic carbocycles. The Morgan fingerprint density at radius 3 is 3.08 bits per heavy atom. The highest BCUT2D eigenvalue weighted by Crippen LogP contribution is 2.48. The molecule has 0 radical (unpaired) electrons. The Hall–Kier alpha value is -1.92. The molecule has 4 nitrogen and oxygen atoms in total. The number of ether oxygens (including phenoxy) is 1. The van der Waals surface area contributed by atoms with Gasteiger partial charge >= 0.3 is 5.97 Å². The molecule has 2 heterocycles. The van der Waals surface area contributed by atoms with E-state index in [9.17, 15) is 9.90 Å². The van der Waals surface area contributed by atoms with E-state index in [2.05, 4.69) is 41.4 Å². The van der Waals surface area contributed by atoms with E-state index in [1.54, 1.807) is 6.92 Å². The number of hydrogen-bond donors (Lipinski definition) is 1. The largest absolute Gasteiger partial charge is 0.510 e. The van der Waals surface area contributed by atoms with Crippen LogP contribution in [0.3, 0.4) is 0 Å². The maximum absolute atomic E-state index is 12.1. The number of thioether (sulfide) groups is 2. The number of benzene rings is 1. The number of rotatable bonds is 3. The van der Waals surface area contributed by atoms with Crippen molar-refractivity contribution >= 4 is 34.5 Å². The summed E-state index contributed by atoms with van der Waals surface area (Å²) in [5.74, 6) is 0.181. The summed E-state index contributed by atoms with van der Waals surface area (Å²) >= 11 is 3.23. The molecule has 128 valence electrons. The number of nitrogens with zero attached hydrogens (tertiary/aromatic N) is 1. The highest BCUT2D eigenvalue weighted by Gasteiger charge is 2.33. The number of esters is 1. The van der Waals surface area contributed by atoms with Gasteiger partial charge in [-0.05, 0) is 30.7 Å². The van der Waals surface area contributed by atoms with E-state index in [-0.39, 0.29) is 17.9 Å². The highest BCUT2D eigenvalue weighted by molar-refractivity contribution is 8.15. The van der Waals surface area contributed by atoms with E-state index in [1.165, 1.54) is 22.2 Å². The number of carbonyl (C=O) groups excluding carboxylic acids is 1. The van der Waals surface area contributed by atoms with Crippen molar-refractivity contribution in [2.75, 3.05) is 12.4 Å². The minimum atomic E-state index is -0.510. The summed E-state index contributed by atoms with van der Waals surface area (Å²) in [7, 11) is 0. The van der Waals surface area contributed by atoms with Crippen molar-refractivity contribution in [3.8, 4) is 0 Å². The quantitative estimate of drug-likeness (QED) is 0.806. The van der Waals surface area contributed by atoms with E-state index in [4.69, 9.17) is 4.74 Å². The smallest absolute Gasteiger partial charge is 0.344 e. The van der Waals surface area contributed by atoms with Crippen molar-refractivity contribution < 1.29 is 14.6 Å². The third-order valence-electron chi connectivity index (χ3n) is 4.26. The van der Waals surface area contributed by atoms with E-state index in [0.29, 0.717) is 22.0 Å². The second kappa shape index (κ2) is 6.77. The van der Waals surface area contributed by atoms with Crippen LogP contribution < -0.4 is 0 Å². The normalized spacial score (nSPS) is 25.8. The van der Waals surface area contributed by atoms with Gasteiger partial charge in [-0.15, -0.1) is 11.8 Å². The number of aliphatic hydroxyl groups excluding tert-OH is 1. The second-order valence-corrected chi connectivity index (χ2v) is 8.03. The first-order valence-corrected chi connectivity index (χ1v) is 10.0. The van der Waals surface area contributed by atoms with Gasteiger partial charge in [0.05, 0.1) is 18.1 Å². The van der Waals surface area contributed by atoms with Crippen LogP contribution in [0.15, 0.2) is 69.4 Å². The number of fused-ring (bicyclic) bond motifs is 3. The second-order valence-electron chi connectivity index (χ2n) is 5.84. The minimum absolute atomic E-state index is 0.0437. The molecule has 1 aliphatic carbocycles. The minimum Gasteiger partial charge on any atom is -0.510 e. The van der Waals surface area contributed by atoms with Gasteiger partial charge in [0.2, 0.25) is 0 Å². The van der Waals surface area contributed by atoms with Gasteiger partial charge in [0.25, 0.3) is 0 Å². The standard InChI is InChI=1S/C19H17NO3S2/c1-2-23-19(22)17-14(21)10-24-18(17)20-11-7-8-16-13(9-11)12-5-3-4-6-15(12)25-16/h3-9,13,16,21H,2,10H2,1H3. The van der Waals surface area contributed by atoms with Crippen molar-refractivity contribution in [3.05, 3.63) is 65.1 Å². The molecule has 25 heavy (non-hydrogen) atoms. The molecule has 2 atom stereocenters.